The maximum absolute atomic E-state index is 13.4. The van der Waals surface area contributed by atoms with E-state index in [1.54, 1.807) is 48.5 Å². The van der Waals surface area contributed by atoms with Gasteiger partial charge in [0, 0.05) is 17.7 Å². The molecule has 0 unspecified atom stereocenters. The molecule has 0 aliphatic carbocycles. The van der Waals surface area contributed by atoms with Crippen LogP contribution in [0.2, 0.25) is 0 Å². The Morgan fingerprint density at radius 1 is 0.950 bits per heavy atom. The highest BCUT2D eigenvalue weighted by Crippen LogP contribution is 2.44. The number of ketones is 1. The van der Waals surface area contributed by atoms with Gasteiger partial charge in [0.2, 0.25) is 9.84 Å². The number of hydrogen-bond acceptors (Lipinski definition) is 9. The second-order valence-corrected chi connectivity index (χ2v) is 12.3. The molecule has 1 atom stereocenters. The maximum Gasteiger partial charge on any atom is 0.301 e. The minimum atomic E-state index is -4.14. The number of nitro groups is 1. The first kappa shape index (κ1) is 26.9. The molecule has 1 saturated heterocycles. The van der Waals surface area contributed by atoms with Gasteiger partial charge in [-0.2, -0.15) is 0 Å². The Morgan fingerprint density at radius 2 is 1.52 bits per heavy atom. The van der Waals surface area contributed by atoms with Gasteiger partial charge in [0.25, 0.3) is 11.5 Å². The van der Waals surface area contributed by atoms with Crippen molar-refractivity contribution in [2.24, 2.45) is 0 Å². The first-order chi connectivity index (χ1) is 19.0. The Morgan fingerprint density at radius 3 is 2.10 bits per heavy atom. The summed E-state index contributed by atoms with van der Waals surface area (Å²) in [7, 11) is -4.14. The highest BCUT2D eigenvalue weighted by Gasteiger charge is 2.48. The quantitative estimate of drug-likeness (QED) is 0.109. The van der Waals surface area contributed by atoms with Gasteiger partial charge in [-0.25, -0.2) is 13.4 Å². The number of hydrogen-bond donors (Lipinski definition) is 1. The first-order valence-corrected chi connectivity index (χ1v) is 14.2. The van der Waals surface area contributed by atoms with Gasteiger partial charge in [-0.05, 0) is 31.5 Å². The number of aliphatic hydroxyl groups is 1. The predicted molar refractivity (Wildman–Crippen MR) is 148 cm³/mol. The number of carbonyl (C=O) groups excluding carboxylic acids is 2. The Labute approximate surface area is 232 Å². The zero-order valence-electron chi connectivity index (χ0n) is 21.1. The largest absolute Gasteiger partial charge is 0.507 e. The highest BCUT2D eigenvalue weighted by molar-refractivity contribution is 7.93. The van der Waals surface area contributed by atoms with Crippen LogP contribution >= 0.6 is 11.3 Å². The number of aromatic nitrogens is 1. The number of non-ortho nitro benzene ring substituents is 1. The molecule has 3 aromatic carbocycles. The van der Waals surface area contributed by atoms with Crippen molar-refractivity contribution in [1.29, 1.82) is 0 Å². The molecule has 5 rings (SSSR count). The van der Waals surface area contributed by atoms with Gasteiger partial charge in [0.05, 0.1) is 27.6 Å². The molecule has 40 heavy (non-hydrogen) atoms. The van der Waals surface area contributed by atoms with E-state index in [0.717, 1.165) is 46.5 Å². The van der Waals surface area contributed by atoms with Crippen LogP contribution in [0, 0.1) is 24.0 Å². The lowest BCUT2D eigenvalue weighted by Gasteiger charge is -2.23. The lowest BCUT2D eigenvalue weighted by Crippen LogP contribution is -2.29. The van der Waals surface area contributed by atoms with E-state index in [9.17, 15) is 33.2 Å². The molecular weight excluding hydrogens is 554 g/mol. The third-order valence-electron chi connectivity index (χ3n) is 6.46. The molecular formula is C28H21N3O7S2. The Hall–Kier alpha value is -4.68. The van der Waals surface area contributed by atoms with E-state index in [1.165, 1.54) is 0 Å². The van der Waals surface area contributed by atoms with Crippen molar-refractivity contribution in [3.63, 3.8) is 0 Å². The minimum absolute atomic E-state index is 0.0592. The lowest BCUT2D eigenvalue weighted by molar-refractivity contribution is -0.384. The average Bonchev–Trinajstić information content (AvgIpc) is 3.53. The summed E-state index contributed by atoms with van der Waals surface area (Å²) in [6.45, 7) is 3.75. The van der Waals surface area contributed by atoms with Crippen LogP contribution in [-0.4, -0.2) is 35.1 Å². The molecule has 1 N–H and O–H groups in total. The van der Waals surface area contributed by atoms with E-state index >= 15 is 0 Å². The molecule has 0 spiro atoms. The van der Waals surface area contributed by atoms with Crippen molar-refractivity contribution >= 4 is 49.4 Å². The van der Waals surface area contributed by atoms with Crippen LogP contribution in [0.4, 0.5) is 10.8 Å². The Balaban J connectivity index is 1.62. The molecule has 12 heteroatoms. The number of sulfone groups is 1. The van der Waals surface area contributed by atoms with Crippen LogP contribution in [0.25, 0.3) is 5.76 Å². The number of nitrogens with zero attached hydrogens (tertiary/aromatic N) is 3. The van der Waals surface area contributed by atoms with Crippen LogP contribution in [0.3, 0.4) is 0 Å². The molecule has 0 bridgehead atoms. The molecule has 0 saturated carbocycles. The summed E-state index contributed by atoms with van der Waals surface area (Å²) in [5.74, 6) is -2.26. The number of anilines is 1. The van der Waals surface area contributed by atoms with Gasteiger partial charge in [-0.15, -0.1) is 0 Å². The van der Waals surface area contributed by atoms with Crippen LogP contribution < -0.4 is 4.90 Å². The van der Waals surface area contributed by atoms with E-state index in [0.29, 0.717) is 22.5 Å². The number of rotatable bonds is 6. The second-order valence-electron chi connectivity index (χ2n) is 9.16. The number of aryl methyl sites for hydroxylation is 2. The maximum atomic E-state index is 13.4. The van der Waals surface area contributed by atoms with Crippen molar-refractivity contribution in [3.05, 3.63) is 117 Å². The monoisotopic (exact) mass is 575 g/mol. The topological polar surface area (TPSA) is 148 Å². The van der Waals surface area contributed by atoms with E-state index in [4.69, 9.17) is 0 Å². The SMILES string of the molecule is Cc1ccc(C(O)=C2C(=O)C(=O)N(c3ncc(S(=O)(=O)c4ccc([N+](=O)[O-])cc4)s3)[C@@H]2c2ccc(C)cc2)cc1. The van der Waals surface area contributed by atoms with Crippen molar-refractivity contribution in [1.82, 2.24) is 4.98 Å². The smallest absolute Gasteiger partial charge is 0.301 e. The normalized spacial score (nSPS) is 16.9. The summed E-state index contributed by atoms with van der Waals surface area (Å²) in [6.07, 6.45) is 1.07. The van der Waals surface area contributed by atoms with Gasteiger partial charge in [0.1, 0.15) is 9.97 Å². The van der Waals surface area contributed by atoms with Crippen LogP contribution in [0.1, 0.15) is 28.3 Å². The summed E-state index contributed by atoms with van der Waals surface area (Å²) in [6, 6.07) is 17.2. The molecule has 1 fully saturated rings. The summed E-state index contributed by atoms with van der Waals surface area (Å²) >= 11 is 0.677. The van der Waals surface area contributed by atoms with E-state index in [2.05, 4.69) is 4.98 Å². The van der Waals surface area contributed by atoms with Gasteiger partial charge in [0.15, 0.2) is 5.13 Å². The van der Waals surface area contributed by atoms with Crippen molar-refractivity contribution in [2.45, 2.75) is 29.0 Å². The van der Waals surface area contributed by atoms with E-state index < -0.39 is 32.5 Å². The highest BCUT2D eigenvalue weighted by atomic mass is 32.2. The van der Waals surface area contributed by atoms with E-state index in [-0.39, 0.29) is 31.3 Å². The summed E-state index contributed by atoms with van der Waals surface area (Å²) < 4.78 is 26.3. The molecule has 2 heterocycles. The summed E-state index contributed by atoms with van der Waals surface area (Å²) in [5.41, 5.74) is 2.34. The Kier molecular flexibility index (Phi) is 6.82. The number of nitro benzene ring substituents is 1. The molecule has 1 amide bonds. The Bertz CT molecular complexity index is 1790. The second kappa shape index (κ2) is 10.1. The molecule has 0 radical (unpaired) electrons. The number of thiazole rings is 1. The van der Waals surface area contributed by atoms with Gasteiger partial charge < -0.3 is 5.11 Å². The third kappa shape index (κ3) is 4.67. The van der Waals surface area contributed by atoms with E-state index in [1.807, 2.05) is 13.8 Å². The fraction of sp³-hybridized carbons (Fsp3) is 0.107. The van der Waals surface area contributed by atoms with Gasteiger partial charge >= 0.3 is 5.91 Å². The van der Waals surface area contributed by atoms with Gasteiger partial charge in [-0.1, -0.05) is 71.0 Å². The molecule has 1 aliphatic rings. The van der Waals surface area contributed by atoms with Crippen LogP contribution in [-0.2, 0) is 19.4 Å². The van der Waals surface area contributed by atoms with Gasteiger partial charge in [-0.3, -0.25) is 24.6 Å². The third-order valence-corrected chi connectivity index (χ3v) is 9.69. The van der Waals surface area contributed by atoms with Crippen LogP contribution in [0.5, 0.6) is 0 Å². The fourth-order valence-electron chi connectivity index (χ4n) is 4.31. The first-order valence-electron chi connectivity index (χ1n) is 11.9. The molecule has 4 aromatic rings. The number of Topliss-reactive ketones (excluding diaryl/α,β-unsaturated/α-hetero) is 1. The molecule has 1 aromatic heterocycles. The summed E-state index contributed by atoms with van der Waals surface area (Å²) in [5, 5.41) is 22.1. The number of amides is 1. The fourth-order valence-corrected chi connectivity index (χ4v) is 6.86. The molecule has 202 valence electrons. The average molecular weight is 576 g/mol. The summed E-state index contributed by atoms with van der Waals surface area (Å²) in [4.78, 5) is 42.1. The minimum Gasteiger partial charge on any atom is -0.507 e. The molecule has 1 aliphatic heterocycles. The van der Waals surface area contributed by atoms with Crippen molar-refractivity contribution in [2.75, 3.05) is 4.90 Å². The zero-order chi connectivity index (χ0) is 28.8. The predicted octanol–water partition coefficient (Wildman–Crippen LogP) is 5.13. The zero-order valence-corrected chi connectivity index (χ0v) is 22.8. The van der Waals surface area contributed by atoms with Crippen molar-refractivity contribution in [3.8, 4) is 0 Å². The standard InChI is InChI=1S/C28H21N3O7S2/c1-16-3-7-18(8-4-16)24-23(25(32)19-9-5-17(2)6-10-19)26(33)27(34)30(24)28-29-15-22(39-28)40(37,38)21-13-11-20(12-14-21)31(35)36/h3-15,24,32H,1-2H3/t24-/m1/s1. The number of aliphatic hydroxyl groups excluding tert-OH is 1. The van der Waals surface area contributed by atoms with Crippen molar-refractivity contribution < 1.29 is 28.0 Å². The lowest BCUT2D eigenvalue weighted by atomic mass is 9.94. The molecule has 10 nitrogen and oxygen atoms in total. The van der Waals surface area contributed by atoms with Crippen LogP contribution in [0.15, 0.2) is 93.7 Å². The number of benzene rings is 3. The number of carbonyl (C=O) groups is 2.